The van der Waals surface area contributed by atoms with E-state index >= 15 is 0 Å². The third-order valence-corrected chi connectivity index (χ3v) is 5.62. The molecular weight excluding hydrogens is 416 g/mol. The molecule has 31 heavy (non-hydrogen) atoms. The number of thioether (sulfide) groups is 1. The maximum atomic E-state index is 10.8. The number of hydrogen-bond acceptors (Lipinski definition) is 6. The fourth-order valence-electron chi connectivity index (χ4n) is 3.34. The van der Waals surface area contributed by atoms with Crippen LogP contribution in [0.1, 0.15) is 12.5 Å². The number of H-pyrrole nitrogens is 1. The average Bonchev–Trinajstić information content (AvgIpc) is 3.18. The number of ether oxygens (including phenoxy) is 2. The van der Waals surface area contributed by atoms with Crippen LogP contribution in [0.4, 0.5) is 0 Å². The fraction of sp³-hybridized carbons (Fsp3) is 0.348. The number of aliphatic hydroxyl groups is 1. The van der Waals surface area contributed by atoms with Gasteiger partial charge < -0.3 is 30.0 Å². The number of rotatable bonds is 12. The Hall–Kier alpha value is -2.68. The number of benzene rings is 2. The second kappa shape index (κ2) is 11.1. The molecule has 0 aliphatic rings. The predicted octanol–water partition coefficient (Wildman–Crippen LogP) is 3.31. The van der Waals surface area contributed by atoms with E-state index in [0.717, 1.165) is 33.5 Å². The van der Waals surface area contributed by atoms with Crippen LogP contribution in [-0.2, 0) is 11.2 Å². The number of aromatic amines is 1. The summed E-state index contributed by atoms with van der Waals surface area (Å²) in [7, 11) is 0. The molecular formula is C23H28N2O5S. The largest absolute Gasteiger partial charge is 0.490 e. The molecule has 0 radical (unpaired) electrons. The van der Waals surface area contributed by atoms with Gasteiger partial charge in [-0.25, -0.2) is 4.79 Å². The summed E-state index contributed by atoms with van der Waals surface area (Å²) in [5, 5.41) is 23.5. The minimum Gasteiger partial charge on any atom is -0.490 e. The minimum absolute atomic E-state index is 0.121. The number of fused-ring (bicyclic) bond motifs is 1. The van der Waals surface area contributed by atoms with Gasteiger partial charge >= 0.3 is 5.97 Å². The van der Waals surface area contributed by atoms with Gasteiger partial charge in [-0.3, -0.25) is 0 Å². The Kier molecular flexibility index (Phi) is 8.22. The maximum Gasteiger partial charge on any atom is 0.341 e. The first kappa shape index (κ1) is 23.0. The summed E-state index contributed by atoms with van der Waals surface area (Å²) >= 11 is 1.61. The first-order valence-electron chi connectivity index (χ1n) is 10.1. The molecule has 0 fully saturated rings. The van der Waals surface area contributed by atoms with E-state index in [1.165, 1.54) is 0 Å². The Morgan fingerprint density at radius 2 is 1.94 bits per heavy atom. The van der Waals surface area contributed by atoms with Crippen molar-refractivity contribution in [1.82, 2.24) is 10.3 Å². The molecule has 1 heterocycles. The van der Waals surface area contributed by atoms with Crippen LogP contribution >= 0.6 is 11.8 Å². The van der Waals surface area contributed by atoms with Gasteiger partial charge in [-0.05, 0) is 43.4 Å². The SMILES string of the molecule is CSc1ccccc1OCC(O)CNC(C)Cc1c[nH]c2c(OCC(=O)O)cccc12. The molecule has 1 aromatic heterocycles. The summed E-state index contributed by atoms with van der Waals surface area (Å²) < 4.78 is 11.1. The van der Waals surface area contributed by atoms with E-state index in [1.807, 2.05) is 48.9 Å². The van der Waals surface area contributed by atoms with Crippen molar-refractivity contribution < 1.29 is 24.5 Å². The Morgan fingerprint density at radius 3 is 2.71 bits per heavy atom. The van der Waals surface area contributed by atoms with Gasteiger partial charge in [0.15, 0.2) is 6.61 Å². The monoisotopic (exact) mass is 444 g/mol. The van der Waals surface area contributed by atoms with Gasteiger partial charge in [0.05, 0.1) is 5.52 Å². The Balaban J connectivity index is 1.51. The topological polar surface area (TPSA) is 104 Å². The van der Waals surface area contributed by atoms with E-state index < -0.39 is 12.1 Å². The summed E-state index contributed by atoms with van der Waals surface area (Å²) in [6, 6.07) is 13.5. The van der Waals surface area contributed by atoms with Crippen LogP contribution in [0.5, 0.6) is 11.5 Å². The number of nitrogens with one attached hydrogen (secondary N) is 2. The molecule has 3 aromatic rings. The third kappa shape index (κ3) is 6.40. The van der Waals surface area contributed by atoms with Gasteiger partial charge in [-0.2, -0.15) is 0 Å². The molecule has 0 amide bonds. The molecule has 0 aliphatic carbocycles. The maximum absolute atomic E-state index is 10.8. The quantitative estimate of drug-likeness (QED) is 0.318. The lowest BCUT2D eigenvalue weighted by atomic mass is 10.1. The molecule has 2 atom stereocenters. The molecule has 3 rings (SSSR count). The molecule has 166 valence electrons. The highest BCUT2D eigenvalue weighted by atomic mass is 32.2. The van der Waals surface area contributed by atoms with Crippen LogP contribution in [0.2, 0.25) is 0 Å². The summed E-state index contributed by atoms with van der Waals surface area (Å²) in [5.41, 5.74) is 1.88. The molecule has 4 N–H and O–H groups in total. The van der Waals surface area contributed by atoms with E-state index in [1.54, 1.807) is 17.8 Å². The van der Waals surface area contributed by atoms with Crippen molar-refractivity contribution in [1.29, 1.82) is 0 Å². The van der Waals surface area contributed by atoms with Crippen LogP contribution in [-0.4, -0.2) is 59.3 Å². The van der Waals surface area contributed by atoms with Crippen molar-refractivity contribution in [3.05, 3.63) is 54.2 Å². The van der Waals surface area contributed by atoms with Crippen molar-refractivity contribution >= 4 is 28.6 Å². The normalized spacial score (nSPS) is 13.1. The van der Waals surface area contributed by atoms with Gasteiger partial charge in [0, 0.05) is 29.1 Å². The standard InChI is InChI=1S/C23H28N2O5S/c1-15(24-12-17(26)13-29-19-7-3-4-9-21(19)31-2)10-16-11-25-23-18(16)6-5-8-20(23)30-14-22(27)28/h3-9,11,15,17,24-26H,10,12-14H2,1-2H3,(H,27,28). The minimum atomic E-state index is -1.01. The molecule has 2 aromatic carbocycles. The highest BCUT2D eigenvalue weighted by Crippen LogP contribution is 2.28. The smallest absolute Gasteiger partial charge is 0.341 e. The van der Waals surface area contributed by atoms with Crippen LogP contribution in [0.15, 0.2) is 53.6 Å². The second-order valence-electron chi connectivity index (χ2n) is 7.30. The van der Waals surface area contributed by atoms with Crippen LogP contribution in [0, 0.1) is 0 Å². The van der Waals surface area contributed by atoms with E-state index in [0.29, 0.717) is 12.3 Å². The predicted molar refractivity (Wildman–Crippen MR) is 122 cm³/mol. The second-order valence-corrected chi connectivity index (χ2v) is 8.15. The summed E-state index contributed by atoms with van der Waals surface area (Å²) in [4.78, 5) is 15.0. The van der Waals surface area contributed by atoms with E-state index in [-0.39, 0.29) is 19.3 Å². The van der Waals surface area contributed by atoms with E-state index in [4.69, 9.17) is 14.6 Å². The lowest BCUT2D eigenvalue weighted by Gasteiger charge is -2.18. The first-order chi connectivity index (χ1) is 15.0. The van der Waals surface area contributed by atoms with Gasteiger partial charge in [0.2, 0.25) is 0 Å². The number of aliphatic carboxylic acids is 1. The molecule has 2 unspecified atom stereocenters. The summed E-state index contributed by atoms with van der Waals surface area (Å²) in [6.45, 7) is 2.31. The zero-order valence-electron chi connectivity index (χ0n) is 17.6. The van der Waals surface area contributed by atoms with Gasteiger partial charge in [-0.1, -0.05) is 24.3 Å². The van der Waals surface area contributed by atoms with Crippen molar-refractivity contribution in [2.45, 2.75) is 30.4 Å². The molecule has 0 saturated carbocycles. The zero-order valence-corrected chi connectivity index (χ0v) is 18.4. The average molecular weight is 445 g/mol. The van der Waals surface area contributed by atoms with Crippen LogP contribution in [0.25, 0.3) is 10.9 Å². The number of carboxylic acid groups (broad SMARTS) is 1. The van der Waals surface area contributed by atoms with Crippen molar-refractivity contribution in [2.24, 2.45) is 0 Å². The Labute approximate surface area is 185 Å². The number of carboxylic acids is 1. The lowest BCUT2D eigenvalue weighted by molar-refractivity contribution is -0.139. The van der Waals surface area contributed by atoms with Crippen molar-refractivity contribution in [3.63, 3.8) is 0 Å². The number of para-hydroxylation sites is 2. The molecule has 0 saturated heterocycles. The number of hydrogen-bond donors (Lipinski definition) is 4. The lowest BCUT2D eigenvalue weighted by Crippen LogP contribution is -2.37. The zero-order chi connectivity index (χ0) is 22.2. The van der Waals surface area contributed by atoms with E-state index in [2.05, 4.69) is 17.2 Å². The number of aliphatic hydroxyl groups excluding tert-OH is 1. The highest BCUT2D eigenvalue weighted by molar-refractivity contribution is 7.98. The number of aromatic nitrogens is 1. The van der Waals surface area contributed by atoms with Crippen LogP contribution < -0.4 is 14.8 Å². The van der Waals surface area contributed by atoms with Gasteiger partial charge in [0.1, 0.15) is 24.2 Å². The molecule has 0 bridgehead atoms. The van der Waals surface area contributed by atoms with Gasteiger partial charge in [0.25, 0.3) is 0 Å². The summed E-state index contributed by atoms with van der Waals surface area (Å²) in [5.74, 6) is 0.285. The van der Waals surface area contributed by atoms with Crippen LogP contribution in [0.3, 0.4) is 0 Å². The van der Waals surface area contributed by atoms with E-state index in [9.17, 15) is 9.90 Å². The first-order valence-corrected chi connectivity index (χ1v) is 11.3. The molecule has 7 nitrogen and oxygen atoms in total. The number of carbonyl (C=O) groups is 1. The third-order valence-electron chi connectivity index (χ3n) is 4.84. The fourth-order valence-corrected chi connectivity index (χ4v) is 3.88. The van der Waals surface area contributed by atoms with Gasteiger partial charge in [-0.15, -0.1) is 11.8 Å². The highest BCUT2D eigenvalue weighted by Gasteiger charge is 2.14. The Morgan fingerprint density at radius 1 is 1.16 bits per heavy atom. The van der Waals surface area contributed by atoms with Crippen molar-refractivity contribution in [3.8, 4) is 11.5 Å². The Bertz CT molecular complexity index is 1010. The molecule has 8 heteroatoms. The molecule has 0 aliphatic heterocycles. The summed E-state index contributed by atoms with van der Waals surface area (Å²) in [6.07, 6.45) is 4.02. The molecule has 0 spiro atoms. The van der Waals surface area contributed by atoms with Crippen molar-refractivity contribution in [2.75, 3.05) is 26.0 Å².